The van der Waals surface area contributed by atoms with Gasteiger partial charge in [0.1, 0.15) is 5.82 Å². The van der Waals surface area contributed by atoms with Crippen LogP contribution in [0.3, 0.4) is 0 Å². The second-order valence-electron chi connectivity index (χ2n) is 9.00. The molecule has 1 aromatic rings. The van der Waals surface area contributed by atoms with Crippen molar-refractivity contribution in [2.45, 2.75) is 76.9 Å². The third kappa shape index (κ3) is 6.66. The van der Waals surface area contributed by atoms with E-state index in [9.17, 15) is 19.5 Å². The number of pyridine rings is 1. The van der Waals surface area contributed by atoms with Gasteiger partial charge in [0.25, 0.3) is 0 Å². The van der Waals surface area contributed by atoms with Crippen molar-refractivity contribution < 1.29 is 24.2 Å². The van der Waals surface area contributed by atoms with Crippen LogP contribution in [0.25, 0.3) is 0 Å². The predicted octanol–water partition coefficient (Wildman–Crippen LogP) is 1.48. The molecule has 2 heterocycles. The molecular weight excluding hydrogens is 424 g/mol. The van der Waals surface area contributed by atoms with E-state index >= 15 is 0 Å². The first kappa shape index (κ1) is 25.0. The highest BCUT2D eigenvalue weighted by atomic mass is 16.5. The number of aromatic nitrogens is 1. The second kappa shape index (κ2) is 11.4. The third-order valence-electron chi connectivity index (χ3n) is 6.49. The van der Waals surface area contributed by atoms with Gasteiger partial charge in [-0.2, -0.15) is 0 Å². The van der Waals surface area contributed by atoms with Crippen LogP contribution in [0.15, 0.2) is 12.1 Å². The standard InChI is InChI=1S/C24H36N4O5/c1-3-33-23(31)20(27-16(2)29)24(32)12-10-18(11-13-24)22(30)26-15-5-7-19-9-8-17-6-4-14-25-21(17)28-19/h8-9,18,20,32H,3-7,10-15H2,1-2H3,(H,25,28)(H,26,30)(H,27,29). The van der Waals surface area contributed by atoms with Crippen LogP contribution in [0.2, 0.25) is 0 Å². The summed E-state index contributed by atoms with van der Waals surface area (Å²) in [6, 6.07) is 3.07. The number of carbonyl (C=O) groups is 3. The number of hydrogen-bond donors (Lipinski definition) is 4. The van der Waals surface area contributed by atoms with Gasteiger partial charge >= 0.3 is 5.97 Å². The summed E-state index contributed by atoms with van der Waals surface area (Å²) < 4.78 is 5.03. The van der Waals surface area contributed by atoms with Gasteiger partial charge in [0.2, 0.25) is 11.8 Å². The minimum absolute atomic E-state index is 0.0377. The number of nitrogens with one attached hydrogen (secondary N) is 3. The number of aliphatic hydroxyl groups is 1. The average molecular weight is 461 g/mol. The smallest absolute Gasteiger partial charge is 0.331 e. The molecular formula is C24H36N4O5. The lowest BCUT2D eigenvalue weighted by Crippen LogP contribution is -2.59. The summed E-state index contributed by atoms with van der Waals surface area (Å²) in [4.78, 5) is 41.1. The van der Waals surface area contributed by atoms with Crippen molar-refractivity contribution in [3.8, 4) is 0 Å². The number of nitrogens with zero attached hydrogens (tertiary/aromatic N) is 1. The first-order valence-corrected chi connectivity index (χ1v) is 12.0. The molecule has 1 saturated carbocycles. The molecule has 0 radical (unpaired) electrons. The number of esters is 1. The molecule has 0 saturated heterocycles. The monoisotopic (exact) mass is 460 g/mol. The van der Waals surface area contributed by atoms with Crippen LogP contribution in [0.5, 0.6) is 0 Å². The molecule has 1 unspecified atom stereocenters. The molecule has 0 spiro atoms. The summed E-state index contributed by atoms with van der Waals surface area (Å²) in [5, 5.41) is 19.9. The Morgan fingerprint density at radius 1 is 1.30 bits per heavy atom. The molecule has 1 aliphatic carbocycles. The quantitative estimate of drug-likeness (QED) is 0.324. The number of hydrogen-bond acceptors (Lipinski definition) is 7. The highest BCUT2D eigenvalue weighted by Gasteiger charge is 2.46. The normalized spacial score (nSPS) is 22.9. The molecule has 182 valence electrons. The lowest BCUT2D eigenvalue weighted by atomic mass is 9.74. The maximum atomic E-state index is 12.6. The van der Waals surface area contributed by atoms with Crippen molar-refractivity contribution in [2.75, 3.05) is 25.0 Å². The molecule has 2 amide bonds. The third-order valence-corrected chi connectivity index (χ3v) is 6.49. The number of ether oxygens (including phenoxy) is 1. The molecule has 1 fully saturated rings. The van der Waals surface area contributed by atoms with Crippen LogP contribution < -0.4 is 16.0 Å². The molecule has 1 aromatic heterocycles. The minimum Gasteiger partial charge on any atom is -0.464 e. The molecule has 33 heavy (non-hydrogen) atoms. The molecule has 3 rings (SSSR count). The zero-order valence-electron chi connectivity index (χ0n) is 19.6. The van der Waals surface area contributed by atoms with E-state index in [1.165, 1.54) is 12.5 Å². The summed E-state index contributed by atoms with van der Waals surface area (Å²) in [6.45, 7) is 4.65. The SMILES string of the molecule is CCOC(=O)C(NC(C)=O)C1(O)CCC(C(=O)NCCCc2ccc3c(n2)NCCC3)CC1. The van der Waals surface area contributed by atoms with Gasteiger partial charge in [0.05, 0.1) is 12.2 Å². The first-order chi connectivity index (χ1) is 15.8. The summed E-state index contributed by atoms with van der Waals surface area (Å²) in [5.41, 5.74) is 0.864. The van der Waals surface area contributed by atoms with Crippen LogP contribution in [0.4, 0.5) is 5.82 Å². The van der Waals surface area contributed by atoms with E-state index in [1.54, 1.807) is 6.92 Å². The van der Waals surface area contributed by atoms with E-state index in [0.29, 0.717) is 19.4 Å². The van der Waals surface area contributed by atoms with Gasteiger partial charge < -0.3 is 25.8 Å². The zero-order valence-corrected chi connectivity index (χ0v) is 19.6. The Bertz CT molecular complexity index is 851. The van der Waals surface area contributed by atoms with Crippen LogP contribution in [0.1, 0.15) is 63.6 Å². The van der Waals surface area contributed by atoms with E-state index in [1.807, 2.05) is 0 Å². The molecule has 1 atom stereocenters. The number of anilines is 1. The Balaban J connectivity index is 1.44. The van der Waals surface area contributed by atoms with Crippen molar-refractivity contribution in [2.24, 2.45) is 5.92 Å². The van der Waals surface area contributed by atoms with E-state index in [-0.39, 0.29) is 31.3 Å². The Kier molecular flexibility index (Phi) is 8.66. The highest BCUT2D eigenvalue weighted by molar-refractivity contribution is 5.84. The predicted molar refractivity (Wildman–Crippen MR) is 124 cm³/mol. The number of fused-ring (bicyclic) bond motifs is 1. The second-order valence-corrected chi connectivity index (χ2v) is 9.00. The van der Waals surface area contributed by atoms with Crippen LogP contribution >= 0.6 is 0 Å². The first-order valence-electron chi connectivity index (χ1n) is 12.0. The van der Waals surface area contributed by atoms with Crippen LogP contribution in [0, 0.1) is 5.92 Å². The Labute approximate surface area is 195 Å². The van der Waals surface area contributed by atoms with Gasteiger partial charge in [-0.25, -0.2) is 9.78 Å². The van der Waals surface area contributed by atoms with Crippen molar-refractivity contribution >= 4 is 23.6 Å². The van der Waals surface area contributed by atoms with Crippen molar-refractivity contribution in [1.29, 1.82) is 0 Å². The van der Waals surface area contributed by atoms with E-state index < -0.39 is 23.5 Å². The number of carbonyl (C=O) groups excluding carboxylic acids is 3. The van der Waals surface area contributed by atoms with E-state index in [4.69, 9.17) is 4.74 Å². The van der Waals surface area contributed by atoms with Gasteiger partial charge in [-0.05, 0) is 69.9 Å². The Morgan fingerprint density at radius 2 is 2.06 bits per heavy atom. The van der Waals surface area contributed by atoms with Gasteiger partial charge in [-0.15, -0.1) is 0 Å². The zero-order chi connectivity index (χ0) is 23.8. The highest BCUT2D eigenvalue weighted by Crippen LogP contribution is 2.35. The van der Waals surface area contributed by atoms with E-state index in [0.717, 1.165) is 43.7 Å². The molecule has 9 heteroatoms. The Morgan fingerprint density at radius 3 is 2.76 bits per heavy atom. The van der Waals surface area contributed by atoms with Gasteiger partial charge in [0.15, 0.2) is 6.04 Å². The molecule has 4 N–H and O–H groups in total. The average Bonchev–Trinajstić information content (AvgIpc) is 2.80. The lowest BCUT2D eigenvalue weighted by Gasteiger charge is -2.40. The van der Waals surface area contributed by atoms with Crippen LogP contribution in [-0.2, 0) is 32.0 Å². The maximum Gasteiger partial charge on any atom is 0.331 e. The lowest BCUT2D eigenvalue weighted by molar-refractivity contribution is -0.158. The minimum atomic E-state index is -1.42. The molecule has 1 aliphatic heterocycles. The number of rotatable bonds is 9. The molecule has 0 bridgehead atoms. The fourth-order valence-corrected chi connectivity index (χ4v) is 4.64. The van der Waals surface area contributed by atoms with Crippen molar-refractivity contribution in [3.05, 3.63) is 23.4 Å². The molecule has 2 aliphatic rings. The maximum absolute atomic E-state index is 12.6. The number of aryl methyl sites for hydroxylation is 2. The summed E-state index contributed by atoms with van der Waals surface area (Å²) in [5.74, 6) is -0.339. The summed E-state index contributed by atoms with van der Waals surface area (Å²) >= 11 is 0. The summed E-state index contributed by atoms with van der Waals surface area (Å²) in [6.07, 6.45) is 5.13. The van der Waals surface area contributed by atoms with Crippen molar-refractivity contribution in [3.63, 3.8) is 0 Å². The van der Waals surface area contributed by atoms with Crippen LogP contribution in [-0.4, -0.2) is 59.2 Å². The largest absolute Gasteiger partial charge is 0.464 e. The van der Waals surface area contributed by atoms with Gasteiger partial charge in [-0.3, -0.25) is 9.59 Å². The van der Waals surface area contributed by atoms with E-state index in [2.05, 4.69) is 33.1 Å². The fourth-order valence-electron chi connectivity index (χ4n) is 4.64. The topological polar surface area (TPSA) is 130 Å². The Hall–Kier alpha value is -2.68. The number of amides is 2. The molecule has 9 nitrogen and oxygen atoms in total. The van der Waals surface area contributed by atoms with Crippen molar-refractivity contribution in [1.82, 2.24) is 15.6 Å². The van der Waals surface area contributed by atoms with Gasteiger partial charge in [-0.1, -0.05) is 6.07 Å². The fraction of sp³-hybridized carbons (Fsp3) is 0.667. The van der Waals surface area contributed by atoms with Gasteiger partial charge in [0, 0.05) is 31.6 Å². The molecule has 0 aromatic carbocycles. The summed E-state index contributed by atoms with van der Waals surface area (Å²) in [7, 11) is 0.